The topological polar surface area (TPSA) is 54.3 Å². The third-order valence-corrected chi connectivity index (χ3v) is 3.60. The van der Waals surface area contributed by atoms with E-state index in [0.717, 1.165) is 24.2 Å². The molecule has 0 aromatic heterocycles. The number of halogens is 4. The zero-order valence-electron chi connectivity index (χ0n) is 11.4. The van der Waals surface area contributed by atoms with E-state index >= 15 is 0 Å². The minimum atomic E-state index is -4.77. The second kappa shape index (κ2) is 7.08. The normalized spacial score (nSPS) is 17.3. The van der Waals surface area contributed by atoms with Crippen LogP contribution < -0.4 is 4.74 Å². The molecule has 0 fully saturated rings. The van der Waals surface area contributed by atoms with Crippen LogP contribution in [0.15, 0.2) is 28.5 Å². The van der Waals surface area contributed by atoms with Gasteiger partial charge in [0, 0.05) is 23.5 Å². The van der Waals surface area contributed by atoms with Gasteiger partial charge in [-0.15, -0.1) is 18.3 Å². The van der Waals surface area contributed by atoms with Crippen molar-refractivity contribution in [3.8, 4) is 5.75 Å². The first kappa shape index (κ1) is 16.7. The molecule has 0 aliphatic carbocycles. The molecular weight excluding hydrogens is 367 g/mol. The number of alkyl halides is 4. The van der Waals surface area contributed by atoms with Crippen molar-refractivity contribution in [1.29, 1.82) is 0 Å². The average Bonchev–Trinajstić information content (AvgIpc) is 2.45. The van der Waals surface area contributed by atoms with Crippen molar-refractivity contribution in [2.45, 2.75) is 25.2 Å². The van der Waals surface area contributed by atoms with Gasteiger partial charge >= 0.3 is 6.36 Å². The van der Waals surface area contributed by atoms with E-state index < -0.39 is 12.4 Å². The Bertz CT molecular complexity index is 566. The van der Waals surface area contributed by atoms with Gasteiger partial charge in [0.1, 0.15) is 18.1 Å². The van der Waals surface area contributed by atoms with E-state index in [1.165, 1.54) is 17.1 Å². The minimum absolute atomic E-state index is 0.204. The quantitative estimate of drug-likeness (QED) is 0.420. The Balaban J connectivity index is 2.18. The molecule has 5 nitrogen and oxygen atoms in total. The molecule has 0 amide bonds. The Kier molecular flexibility index (Phi) is 5.38. The van der Waals surface area contributed by atoms with Gasteiger partial charge in [0.15, 0.2) is 0 Å². The molecule has 0 saturated heterocycles. The third kappa shape index (κ3) is 4.19. The molecule has 1 aliphatic heterocycles. The zero-order valence-corrected chi connectivity index (χ0v) is 13.0. The van der Waals surface area contributed by atoms with Crippen molar-refractivity contribution < 1.29 is 22.7 Å². The van der Waals surface area contributed by atoms with Crippen molar-refractivity contribution in [3.05, 3.63) is 23.8 Å². The zero-order chi connectivity index (χ0) is 16.2. The molecule has 120 valence electrons. The Morgan fingerprint density at radius 2 is 2.14 bits per heavy atom. The maximum atomic E-state index is 12.2. The molecule has 22 heavy (non-hydrogen) atoms. The van der Waals surface area contributed by atoms with Crippen molar-refractivity contribution in [2.75, 3.05) is 11.9 Å². The third-order valence-electron chi connectivity index (χ3n) is 3.04. The van der Waals surface area contributed by atoms with Crippen molar-refractivity contribution in [2.24, 2.45) is 10.3 Å². The Morgan fingerprint density at radius 1 is 1.36 bits per heavy atom. The van der Waals surface area contributed by atoms with Crippen LogP contribution in [0.3, 0.4) is 0 Å². The number of nitrogens with zero attached hydrogens (tertiary/aromatic N) is 3. The highest BCUT2D eigenvalue weighted by Gasteiger charge is 2.32. The van der Waals surface area contributed by atoms with Gasteiger partial charge in [0.25, 0.3) is 0 Å². The molecular formula is C13H13BrF3N3O2. The van der Waals surface area contributed by atoms with E-state index in [-0.39, 0.29) is 11.4 Å². The van der Waals surface area contributed by atoms with E-state index in [4.69, 9.17) is 0 Å². The summed E-state index contributed by atoms with van der Waals surface area (Å²) in [6.07, 6.45) is -2.33. The monoisotopic (exact) mass is 379 g/mol. The number of unbranched alkanes of at least 4 members (excludes halogenated alkanes) is 1. The van der Waals surface area contributed by atoms with Crippen LogP contribution in [-0.2, 0) is 4.79 Å². The molecule has 1 aromatic carbocycles. The molecule has 1 atom stereocenters. The summed E-state index contributed by atoms with van der Waals surface area (Å²) in [6.45, 7) is 0.540. The fourth-order valence-corrected chi connectivity index (χ4v) is 2.47. The van der Waals surface area contributed by atoms with E-state index in [9.17, 15) is 18.0 Å². The number of rotatable bonds is 6. The Labute approximate surface area is 133 Å². The van der Waals surface area contributed by atoms with E-state index in [1.807, 2.05) is 0 Å². The fraction of sp³-hybridized carbons (Fsp3) is 0.462. The van der Waals surface area contributed by atoms with Gasteiger partial charge in [-0.2, -0.15) is 0 Å². The van der Waals surface area contributed by atoms with E-state index in [2.05, 4.69) is 31.0 Å². The van der Waals surface area contributed by atoms with Crippen LogP contribution in [0.4, 0.5) is 18.9 Å². The first-order chi connectivity index (χ1) is 10.4. The second-order valence-electron chi connectivity index (χ2n) is 4.60. The first-order valence-electron chi connectivity index (χ1n) is 6.54. The van der Waals surface area contributed by atoms with E-state index in [0.29, 0.717) is 18.4 Å². The molecule has 0 saturated carbocycles. The van der Waals surface area contributed by atoms with E-state index in [1.54, 1.807) is 0 Å². The lowest BCUT2D eigenvalue weighted by molar-refractivity contribution is -0.274. The summed E-state index contributed by atoms with van der Waals surface area (Å²) in [5, 5.41) is 10.2. The maximum absolute atomic E-state index is 12.2. The van der Waals surface area contributed by atoms with Crippen molar-refractivity contribution in [1.82, 2.24) is 5.01 Å². The number of hydrogen-bond donors (Lipinski definition) is 0. The maximum Gasteiger partial charge on any atom is 0.573 e. The van der Waals surface area contributed by atoms with Gasteiger partial charge < -0.3 is 9.53 Å². The lowest BCUT2D eigenvalue weighted by Gasteiger charge is -2.28. The predicted octanol–water partition coefficient (Wildman–Crippen LogP) is 4.31. The number of hydrogen-bond acceptors (Lipinski definition) is 5. The lowest BCUT2D eigenvalue weighted by atomic mass is 10.0. The van der Waals surface area contributed by atoms with Crippen molar-refractivity contribution >= 4 is 27.9 Å². The summed E-state index contributed by atoms with van der Waals surface area (Å²) in [5.74, 6) is -0.386. The molecule has 0 radical (unpaired) electrons. The standard InChI is InChI=1S/C13H13BrF3N3O2/c14-5-1-2-6-20-12(8-21)10-4-3-9(22-13(15,16)17)7-11(10)18-19-20/h3-4,7-8,12H,1-2,5-6H2. The summed E-state index contributed by atoms with van der Waals surface area (Å²) in [5.41, 5.74) is 0.717. The summed E-state index contributed by atoms with van der Waals surface area (Å²) in [4.78, 5) is 11.3. The highest BCUT2D eigenvalue weighted by atomic mass is 79.9. The average molecular weight is 380 g/mol. The van der Waals surface area contributed by atoms with Crippen LogP contribution in [0.2, 0.25) is 0 Å². The smallest absolute Gasteiger partial charge is 0.406 e. The highest BCUT2D eigenvalue weighted by molar-refractivity contribution is 9.09. The minimum Gasteiger partial charge on any atom is -0.406 e. The van der Waals surface area contributed by atoms with Crippen LogP contribution in [0.5, 0.6) is 5.75 Å². The van der Waals surface area contributed by atoms with Crippen LogP contribution >= 0.6 is 15.9 Å². The lowest BCUT2D eigenvalue weighted by Crippen LogP contribution is -2.27. The predicted molar refractivity (Wildman–Crippen MR) is 76.2 cm³/mol. The Hall–Kier alpha value is -1.64. The Morgan fingerprint density at radius 3 is 2.77 bits per heavy atom. The van der Waals surface area contributed by atoms with Gasteiger partial charge in [-0.3, -0.25) is 5.01 Å². The molecule has 9 heteroatoms. The number of aldehydes is 1. The fourth-order valence-electron chi connectivity index (χ4n) is 2.07. The molecule has 1 aliphatic rings. The van der Waals surface area contributed by atoms with Crippen LogP contribution in [0.25, 0.3) is 0 Å². The van der Waals surface area contributed by atoms with Crippen LogP contribution in [0.1, 0.15) is 24.4 Å². The SMILES string of the molecule is O=CC1c2ccc(OC(F)(F)F)cc2N=NN1CCCCBr. The van der Waals surface area contributed by atoms with Gasteiger partial charge in [-0.1, -0.05) is 27.2 Å². The number of carbonyl (C=O) groups is 1. The van der Waals surface area contributed by atoms with Crippen molar-refractivity contribution in [3.63, 3.8) is 0 Å². The first-order valence-corrected chi connectivity index (χ1v) is 7.66. The van der Waals surface area contributed by atoms with Gasteiger partial charge in [-0.25, -0.2) is 0 Å². The van der Waals surface area contributed by atoms with Gasteiger partial charge in [0.2, 0.25) is 0 Å². The molecule has 0 spiro atoms. The summed E-state index contributed by atoms with van der Waals surface area (Å²) in [6, 6.07) is 3.05. The highest BCUT2D eigenvalue weighted by Crippen LogP contribution is 2.37. The number of fused-ring (bicyclic) bond motifs is 1. The molecule has 1 aromatic rings. The summed E-state index contributed by atoms with van der Waals surface area (Å²) < 4.78 is 40.5. The number of benzene rings is 1. The molecule has 1 heterocycles. The molecule has 2 rings (SSSR count). The summed E-state index contributed by atoms with van der Waals surface area (Å²) >= 11 is 3.32. The number of ether oxygens (including phenoxy) is 1. The van der Waals surface area contributed by atoms with Gasteiger partial charge in [0.05, 0.1) is 5.69 Å². The second-order valence-corrected chi connectivity index (χ2v) is 5.39. The van der Waals surface area contributed by atoms with Gasteiger partial charge in [-0.05, 0) is 18.9 Å². The molecule has 1 unspecified atom stereocenters. The molecule has 0 N–H and O–H groups in total. The van der Waals surface area contributed by atoms with Crippen LogP contribution in [-0.4, -0.2) is 29.5 Å². The number of carbonyl (C=O) groups excluding carboxylic acids is 1. The molecule has 0 bridgehead atoms. The largest absolute Gasteiger partial charge is 0.573 e. The summed E-state index contributed by atoms with van der Waals surface area (Å²) in [7, 11) is 0. The van der Waals surface area contributed by atoms with Crippen LogP contribution in [0, 0.1) is 0 Å².